The van der Waals surface area contributed by atoms with Gasteiger partial charge < -0.3 is 9.79 Å². The lowest BCUT2D eigenvalue weighted by molar-refractivity contribution is -0.115. The first kappa shape index (κ1) is 17.5. The van der Waals surface area contributed by atoms with Crippen LogP contribution in [-0.2, 0) is 13.9 Å². The average molecular weight is 278 g/mol. The highest BCUT2D eigenvalue weighted by Crippen LogP contribution is 2.35. The standard InChI is InChI=1S/C12H23O5P/c1-11(2)12(13)9-7-5-3-4-6-8-10-17-18(14,15)16/h1,3-10H2,2H3,(H2,14,15,16). The Bertz CT molecular complexity index is 308. The predicted molar refractivity (Wildman–Crippen MR) is 70.1 cm³/mol. The lowest BCUT2D eigenvalue weighted by Crippen LogP contribution is -1.97. The number of rotatable bonds is 11. The molecule has 0 radical (unpaired) electrons. The van der Waals surface area contributed by atoms with Gasteiger partial charge in [0.1, 0.15) is 0 Å². The summed E-state index contributed by atoms with van der Waals surface area (Å²) in [5, 5.41) is 0. The number of unbranched alkanes of at least 4 members (excludes halogenated alkanes) is 5. The summed E-state index contributed by atoms with van der Waals surface area (Å²) >= 11 is 0. The Hall–Kier alpha value is -0.480. The number of Topliss-reactive ketones (excluding diaryl/α,β-unsaturated/α-hetero) is 1. The quantitative estimate of drug-likeness (QED) is 0.345. The van der Waals surface area contributed by atoms with Crippen molar-refractivity contribution in [3.8, 4) is 0 Å². The van der Waals surface area contributed by atoms with E-state index >= 15 is 0 Å². The van der Waals surface area contributed by atoms with Crippen molar-refractivity contribution in [1.29, 1.82) is 0 Å². The predicted octanol–water partition coefficient (Wildman–Crippen LogP) is 2.97. The van der Waals surface area contributed by atoms with E-state index in [1.165, 1.54) is 0 Å². The van der Waals surface area contributed by atoms with Gasteiger partial charge in [-0.25, -0.2) is 4.57 Å². The lowest BCUT2D eigenvalue weighted by atomic mass is 10.1. The van der Waals surface area contributed by atoms with Crippen LogP contribution in [0.5, 0.6) is 0 Å². The van der Waals surface area contributed by atoms with Crippen LogP contribution in [-0.4, -0.2) is 22.2 Å². The van der Waals surface area contributed by atoms with Crippen LogP contribution < -0.4 is 0 Å². The summed E-state index contributed by atoms with van der Waals surface area (Å²) in [6.45, 7) is 5.42. The maximum absolute atomic E-state index is 11.2. The monoisotopic (exact) mass is 278 g/mol. The molecule has 0 aliphatic rings. The fraction of sp³-hybridized carbons (Fsp3) is 0.750. The van der Waals surface area contributed by atoms with Gasteiger partial charge in [-0.1, -0.05) is 32.3 Å². The molecule has 0 heterocycles. The second-order valence-corrected chi connectivity index (χ2v) is 5.64. The zero-order chi connectivity index (χ0) is 14.0. The third-order valence-electron chi connectivity index (χ3n) is 2.53. The molecule has 5 nitrogen and oxygen atoms in total. The van der Waals surface area contributed by atoms with E-state index in [0.29, 0.717) is 18.4 Å². The SMILES string of the molecule is C=C(C)C(=O)CCCCCCCCOP(=O)(O)O. The lowest BCUT2D eigenvalue weighted by Gasteiger charge is -2.04. The maximum atomic E-state index is 11.2. The van der Waals surface area contributed by atoms with E-state index in [1.54, 1.807) is 6.92 Å². The number of ketones is 1. The molecule has 0 spiro atoms. The summed E-state index contributed by atoms with van der Waals surface area (Å²) in [5.74, 6) is 0.130. The van der Waals surface area contributed by atoms with Crippen LogP contribution >= 0.6 is 7.82 Å². The third-order valence-corrected chi connectivity index (χ3v) is 3.05. The molecule has 0 aromatic carbocycles. The molecule has 0 aliphatic heterocycles. The van der Waals surface area contributed by atoms with Gasteiger partial charge in [0.2, 0.25) is 0 Å². The van der Waals surface area contributed by atoms with Gasteiger partial charge in [-0.15, -0.1) is 0 Å². The number of carbonyl (C=O) groups is 1. The molecule has 0 aliphatic carbocycles. The van der Waals surface area contributed by atoms with Crippen molar-refractivity contribution >= 4 is 13.6 Å². The van der Waals surface area contributed by atoms with Crippen LogP contribution in [0.1, 0.15) is 51.9 Å². The summed E-state index contributed by atoms with van der Waals surface area (Å²) in [5.41, 5.74) is 0.615. The van der Waals surface area contributed by atoms with Crippen LogP contribution in [0.25, 0.3) is 0 Å². The second-order valence-electron chi connectivity index (χ2n) is 4.40. The minimum atomic E-state index is -4.30. The number of phosphoric acid groups is 1. The molecule has 0 rings (SSSR count). The van der Waals surface area contributed by atoms with Gasteiger partial charge in [0, 0.05) is 6.42 Å². The van der Waals surface area contributed by atoms with E-state index in [4.69, 9.17) is 9.79 Å². The molecule has 0 aromatic rings. The number of allylic oxidation sites excluding steroid dienone is 1. The Morgan fingerprint density at radius 3 is 2.11 bits per heavy atom. The number of hydrogen-bond acceptors (Lipinski definition) is 3. The average Bonchev–Trinajstić information content (AvgIpc) is 2.24. The van der Waals surface area contributed by atoms with E-state index < -0.39 is 7.82 Å². The van der Waals surface area contributed by atoms with Crippen molar-refractivity contribution in [1.82, 2.24) is 0 Å². The molecule has 2 N–H and O–H groups in total. The van der Waals surface area contributed by atoms with Crippen LogP contribution in [0.4, 0.5) is 0 Å². The van der Waals surface area contributed by atoms with Gasteiger partial charge in [0.15, 0.2) is 5.78 Å². The van der Waals surface area contributed by atoms with Crippen LogP contribution in [0.15, 0.2) is 12.2 Å². The molecule has 0 saturated heterocycles. The molecule has 0 unspecified atom stereocenters. The first-order valence-corrected chi connectivity index (χ1v) is 7.75. The van der Waals surface area contributed by atoms with Crippen molar-refractivity contribution in [2.24, 2.45) is 0 Å². The van der Waals surface area contributed by atoms with Gasteiger partial charge >= 0.3 is 7.82 Å². The molecule has 0 atom stereocenters. The molecule has 18 heavy (non-hydrogen) atoms. The smallest absolute Gasteiger partial charge is 0.303 e. The minimum Gasteiger partial charge on any atom is -0.303 e. The summed E-state index contributed by atoms with van der Waals surface area (Å²) in [6, 6.07) is 0. The Morgan fingerprint density at radius 2 is 1.61 bits per heavy atom. The molecule has 0 fully saturated rings. The normalized spacial score (nSPS) is 11.5. The first-order valence-electron chi connectivity index (χ1n) is 6.22. The summed E-state index contributed by atoms with van der Waals surface area (Å²) in [6.07, 6.45) is 6.00. The van der Waals surface area contributed by atoms with Gasteiger partial charge in [-0.05, 0) is 25.3 Å². The fourth-order valence-electron chi connectivity index (χ4n) is 1.49. The minimum absolute atomic E-state index is 0.0957. The molecule has 6 heteroatoms. The molecule has 0 bridgehead atoms. The highest BCUT2D eigenvalue weighted by molar-refractivity contribution is 7.46. The Kier molecular flexibility index (Phi) is 9.20. The molecule has 0 amide bonds. The van der Waals surface area contributed by atoms with Gasteiger partial charge in [-0.2, -0.15) is 0 Å². The highest BCUT2D eigenvalue weighted by Gasteiger charge is 2.12. The van der Waals surface area contributed by atoms with E-state index in [0.717, 1.165) is 32.1 Å². The summed E-state index contributed by atoms with van der Waals surface area (Å²) in [7, 11) is -4.30. The van der Waals surface area contributed by atoms with Gasteiger partial charge in [0.05, 0.1) is 6.61 Å². The summed E-state index contributed by atoms with van der Waals surface area (Å²) < 4.78 is 14.7. The molecule has 0 saturated carbocycles. The Balaban J connectivity index is 3.24. The number of phosphoric ester groups is 1. The van der Waals surface area contributed by atoms with Crippen molar-refractivity contribution in [2.45, 2.75) is 51.9 Å². The topological polar surface area (TPSA) is 83.8 Å². The molecule has 0 aromatic heterocycles. The van der Waals surface area contributed by atoms with Crippen molar-refractivity contribution in [2.75, 3.05) is 6.61 Å². The maximum Gasteiger partial charge on any atom is 0.469 e. The van der Waals surface area contributed by atoms with Crippen molar-refractivity contribution in [3.63, 3.8) is 0 Å². The Labute approximate surface area is 108 Å². The van der Waals surface area contributed by atoms with E-state index in [2.05, 4.69) is 11.1 Å². The fourth-order valence-corrected chi connectivity index (χ4v) is 1.86. The second kappa shape index (κ2) is 9.45. The molecular formula is C12H23O5P. The van der Waals surface area contributed by atoms with Gasteiger partial charge in [-0.3, -0.25) is 9.32 Å². The molecular weight excluding hydrogens is 255 g/mol. The van der Waals surface area contributed by atoms with Crippen molar-refractivity contribution < 1.29 is 23.7 Å². The summed E-state index contributed by atoms with van der Waals surface area (Å²) in [4.78, 5) is 28.1. The van der Waals surface area contributed by atoms with Crippen LogP contribution in [0.2, 0.25) is 0 Å². The highest BCUT2D eigenvalue weighted by atomic mass is 31.2. The van der Waals surface area contributed by atoms with Crippen LogP contribution in [0, 0.1) is 0 Å². The van der Waals surface area contributed by atoms with Gasteiger partial charge in [0.25, 0.3) is 0 Å². The first-order chi connectivity index (χ1) is 8.33. The number of carbonyl (C=O) groups excluding carboxylic acids is 1. The zero-order valence-corrected chi connectivity index (χ0v) is 11.8. The third kappa shape index (κ3) is 12.0. The van der Waals surface area contributed by atoms with E-state index in [1.807, 2.05) is 0 Å². The largest absolute Gasteiger partial charge is 0.469 e. The van der Waals surface area contributed by atoms with E-state index in [9.17, 15) is 9.36 Å². The van der Waals surface area contributed by atoms with E-state index in [-0.39, 0.29) is 12.4 Å². The molecule has 106 valence electrons. The zero-order valence-electron chi connectivity index (χ0n) is 10.9. The van der Waals surface area contributed by atoms with Crippen molar-refractivity contribution in [3.05, 3.63) is 12.2 Å². The Morgan fingerprint density at radius 1 is 1.11 bits per heavy atom. The number of hydrogen-bond donors (Lipinski definition) is 2. The van der Waals surface area contributed by atoms with Crippen LogP contribution in [0.3, 0.4) is 0 Å².